The summed E-state index contributed by atoms with van der Waals surface area (Å²) in [4.78, 5) is 11.3. The number of carbonyl (C=O) groups is 1. The molecule has 2 fully saturated rings. The van der Waals surface area contributed by atoms with Crippen LogP contribution >= 0.6 is 0 Å². The number of ether oxygens (including phenoxy) is 1. The standard InChI is InChI=1S/C8H12O2/c9-7-4-2-1-3-5-8(7)6-10-8/h1-6H2. The number of hydrogen-bond donors (Lipinski definition) is 0. The van der Waals surface area contributed by atoms with E-state index in [4.69, 9.17) is 4.74 Å². The van der Waals surface area contributed by atoms with Gasteiger partial charge in [0, 0.05) is 6.42 Å². The van der Waals surface area contributed by atoms with E-state index in [1.54, 1.807) is 0 Å². The van der Waals surface area contributed by atoms with Crippen molar-refractivity contribution in [3.63, 3.8) is 0 Å². The predicted octanol–water partition coefficient (Wildman–Crippen LogP) is 1.29. The minimum atomic E-state index is -0.267. The minimum Gasteiger partial charge on any atom is -0.361 e. The lowest BCUT2D eigenvalue weighted by molar-refractivity contribution is -0.123. The van der Waals surface area contributed by atoms with Gasteiger partial charge < -0.3 is 4.74 Å². The maximum atomic E-state index is 11.3. The third-order valence-corrected chi connectivity index (χ3v) is 2.49. The Morgan fingerprint density at radius 2 is 2.10 bits per heavy atom. The van der Waals surface area contributed by atoms with Crippen molar-refractivity contribution in [2.24, 2.45) is 0 Å². The number of epoxide rings is 1. The first kappa shape index (κ1) is 6.35. The van der Waals surface area contributed by atoms with Crippen molar-refractivity contribution in [3.05, 3.63) is 0 Å². The van der Waals surface area contributed by atoms with Crippen LogP contribution in [0.3, 0.4) is 0 Å². The van der Waals surface area contributed by atoms with Crippen LogP contribution in [0.2, 0.25) is 0 Å². The van der Waals surface area contributed by atoms with Crippen molar-refractivity contribution in [2.75, 3.05) is 6.61 Å². The van der Waals surface area contributed by atoms with E-state index in [9.17, 15) is 4.79 Å². The predicted molar refractivity (Wildman–Crippen MR) is 36.8 cm³/mol. The van der Waals surface area contributed by atoms with E-state index in [-0.39, 0.29) is 5.60 Å². The monoisotopic (exact) mass is 140 g/mol. The minimum absolute atomic E-state index is 0.267. The summed E-state index contributed by atoms with van der Waals surface area (Å²) in [5.74, 6) is 0.352. The van der Waals surface area contributed by atoms with Gasteiger partial charge in [0.2, 0.25) is 0 Å². The topological polar surface area (TPSA) is 29.6 Å². The highest BCUT2D eigenvalue weighted by Gasteiger charge is 2.50. The Labute approximate surface area is 60.6 Å². The summed E-state index contributed by atoms with van der Waals surface area (Å²) in [7, 11) is 0. The van der Waals surface area contributed by atoms with Gasteiger partial charge >= 0.3 is 0 Å². The zero-order valence-corrected chi connectivity index (χ0v) is 6.06. The Morgan fingerprint density at radius 3 is 2.80 bits per heavy atom. The second-order valence-corrected chi connectivity index (χ2v) is 3.27. The van der Waals surface area contributed by atoms with E-state index in [1.165, 1.54) is 12.8 Å². The van der Waals surface area contributed by atoms with Gasteiger partial charge in [0.25, 0.3) is 0 Å². The fourth-order valence-corrected chi connectivity index (χ4v) is 1.63. The molecule has 1 aliphatic heterocycles. The van der Waals surface area contributed by atoms with Crippen LogP contribution in [0.4, 0.5) is 0 Å². The highest BCUT2D eigenvalue weighted by molar-refractivity contribution is 5.89. The molecule has 56 valence electrons. The molecule has 0 aromatic rings. The fraction of sp³-hybridized carbons (Fsp3) is 0.875. The average molecular weight is 140 g/mol. The van der Waals surface area contributed by atoms with Gasteiger partial charge in [0.1, 0.15) is 5.60 Å². The normalized spacial score (nSPS) is 39.8. The average Bonchev–Trinajstić information content (AvgIpc) is 2.69. The number of carbonyl (C=O) groups excluding carboxylic acids is 1. The molecule has 0 aromatic carbocycles. The van der Waals surface area contributed by atoms with Gasteiger partial charge in [-0.15, -0.1) is 0 Å². The van der Waals surface area contributed by atoms with Crippen LogP contribution < -0.4 is 0 Å². The summed E-state index contributed by atoms with van der Waals surface area (Å²) in [6.45, 7) is 0.700. The van der Waals surface area contributed by atoms with Crippen molar-refractivity contribution in [3.8, 4) is 0 Å². The van der Waals surface area contributed by atoms with Crippen LogP contribution in [0.25, 0.3) is 0 Å². The van der Waals surface area contributed by atoms with Crippen LogP contribution in [-0.2, 0) is 9.53 Å². The first-order valence-corrected chi connectivity index (χ1v) is 4.01. The van der Waals surface area contributed by atoms with Crippen molar-refractivity contribution >= 4 is 5.78 Å². The van der Waals surface area contributed by atoms with E-state index in [0.717, 1.165) is 19.3 Å². The van der Waals surface area contributed by atoms with Crippen molar-refractivity contribution in [1.82, 2.24) is 0 Å². The van der Waals surface area contributed by atoms with Gasteiger partial charge in [-0.2, -0.15) is 0 Å². The maximum Gasteiger partial charge on any atom is 0.167 e. The summed E-state index contributed by atoms with van der Waals surface area (Å²) >= 11 is 0. The van der Waals surface area contributed by atoms with Gasteiger partial charge in [-0.1, -0.05) is 12.8 Å². The van der Waals surface area contributed by atoms with Gasteiger partial charge in [-0.05, 0) is 12.8 Å². The third-order valence-electron chi connectivity index (χ3n) is 2.49. The Morgan fingerprint density at radius 1 is 1.30 bits per heavy atom. The molecule has 1 saturated heterocycles. The summed E-state index contributed by atoms with van der Waals surface area (Å²) in [5, 5.41) is 0. The summed E-state index contributed by atoms with van der Waals surface area (Å²) in [5.41, 5.74) is -0.267. The van der Waals surface area contributed by atoms with Crippen LogP contribution in [0.5, 0.6) is 0 Å². The molecule has 0 amide bonds. The number of ketones is 1. The molecular weight excluding hydrogens is 128 g/mol. The van der Waals surface area contributed by atoms with Crippen molar-refractivity contribution in [2.45, 2.75) is 37.7 Å². The van der Waals surface area contributed by atoms with E-state index >= 15 is 0 Å². The van der Waals surface area contributed by atoms with Crippen molar-refractivity contribution in [1.29, 1.82) is 0 Å². The molecular formula is C8H12O2. The lowest BCUT2D eigenvalue weighted by atomic mass is 10.0. The Bertz CT molecular complexity index is 159. The molecule has 1 aliphatic carbocycles. The smallest absolute Gasteiger partial charge is 0.167 e. The summed E-state index contributed by atoms with van der Waals surface area (Å²) in [6, 6.07) is 0. The Balaban J connectivity index is 2.09. The molecule has 10 heavy (non-hydrogen) atoms. The zero-order valence-electron chi connectivity index (χ0n) is 6.06. The van der Waals surface area contributed by atoms with Gasteiger partial charge in [-0.25, -0.2) is 0 Å². The molecule has 2 heteroatoms. The van der Waals surface area contributed by atoms with E-state index in [0.29, 0.717) is 12.4 Å². The SMILES string of the molecule is O=C1CCCCCC12CO2. The van der Waals surface area contributed by atoms with Gasteiger partial charge in [0.05, 0.1) is 6.61 Å². The highest BCUT2D eigenvalue weighted by atomic mass is 16.6. The fourth-order valence-electron chi connectivity index (χ4n) is 1.63. The number of Topliss-reactive ketones (excluding diaryl/α,β-unsaturated/α-hetero) is 1. The van der Waals surface area contributed by atoms with Crippen molar-refractivity contribution < 1.29 is 9.53 Å². The number of rotatable bonds is 0. The van der Waals surface area contributed by atoms with Crippen LogP contribution in [-0.4, -0.2) is 18.0 Å². The lowest BCUT2D eigenvalue weighted by Crippen LogP contribution is -2.22. The van der Waals surface area contributed by atoms with E-state index in [1.807, 2.05) is 0 Å². The molecule has 1 saturated carbocycles. The quantitative estimate of drug-likeness (QED) is 0.474. The molecule has 2 nitrogen and oxygen atoms in total. The summed E-state index contributed by atoms with van der Waals surface area (Å²) < 4.78 is 5.18. The summed E-state index contributed by atoms with van der Waals surface area (Å²) in [6.07, 6.45) is 5.18. The molecule has 2 aliphatic rings. The second-order valence-electron chi connectivity index (χ2n) is 3.27. The first-order chi connectivity index (χ1) is 4.83. The molecule has 0 radical (unpaired) electrons. The van der Waals surface area contributed by atoms with E-state index < -0.39 is 0 Å². The molecule has 0 aromatic heterocycles. The maximum absolute atomic E-state index is 11.3. The van der Waals surface area contributed by atoms with Gasteiger partial charge in [-0.3, -0.25) is 4.79 Å². The third kappa shape index (κ3) is 0.870. The second kappa shape index (κ2) is 2.06. The molecule has 1 unspecified atom stereocenters. The zero-order chi connectivity index (χ0) is 7.03. The van der Waals surface area contributed by atoms with Crippen LogP contribution in [0.15, 0.2) is 0 Å². The van der Waals surface area contributed by atoms with E-state index in [2.05, 4.69) is 0 Å². The molecule has 1 heterocycles. The Hall–Kier alpha value is -0.370. The molecule has 1 spiro atoms. The highest BCUT2D eigenvalue weighted by Crippen LogP contribution is 2.37. The molecule has 0 bridgehead atoms. The molecule has 1 atom stereocenters. The van der Waals surface area contributed by atoms with Crippen LogP contribution in [0, 0.1) is 0 Å². The van der Waals surface area contributed by atoms with Gasteiger partial charge in [0.15, 0.2) is 5.78 Å². The van der Waals surface area contributed by atoms with Crippen LogP contribution in [0.1, 0.15) is 32.1 Å². The Kier molecular flexibility index (Phi) is 1.31. The molecule has 2 rings (SSSR count). The first-order valence-electron chi connectivity index (χ1n) is 4.01. The lowest BCUT2D eigenvalue weighted by Gasteiger charge is -2.03. The molecule has 0 N–H and O–H groups in total. The number of hydrogen-bond acceptors (Lipinski definition) is 2. The largest absolute Gasteiger partial charge is 0.361 e.